The summed E-state index contributed by atoms with van der Waals surface area (Å²) in [5.41, 5.74) is 0.910. The number of likely N-dealkylation sites (N-methyl/N-ethyl adjacent to an activating group) is 1. The monoisotopic (exact) mass is 391 g/mol. The summed E-state index contributed by atoms with van der Waals surface area (Å²) < 4.78 is 1.73. The van der Waals surface area contributed by atoms with Crippen LogP contribution in [-0.4, -0.2) is 53.3 Å². The quantitative estimate of drug-likeness (QED) is 0.777. The van der Waals surface area contributed by atoms with E-state index < -0.39 is 0 Å². The van der Waals surface area contributed by atoms with E-state index in [1.165, 1.54) is 32.2 Å². The fourth-order valence-electron chi connectivity index (χ4n) is 4.00. The first-order valence-corrected chi connectivity index (χ1v) is 8.84. The van der Waals surface area contributed by atoms with Crippen LogP contribution in [0.3, 0.4) is 0 Å². The highest BCUT2D eigenvalue weighted by Gasteiger charge is 2.29. The Morgan fingerprint density at radius 2 is 2.04 bits per heavy atom. The number of carbonyl (C=O) groups excluding carboxylic acids is 1. The first-order chi connectivity index (χ1) is 11.2. The largest absolute Gasteiger partial charge is 0.350 e. The van der Waals surface area contributed by atoms with Crippen LogP contribution in [0.15, 0.2) is 12.4 Å². The molecule has 1 aromatic heterocycles. The summed E-state index contributed by atoms with van der Waals surface area (Å²) in [5.74, 6) is 0.929. The number of likely N-dealkylation sites (tertiary alicyclic amines) is 1. The van der Waals surface area contributed by atoms with Crippen molar-refractivity contribution in [2.24, 2.45) is 13.0 Å². The number of amides is 1. The molecule has 2 fully saturated rings. The van der Waals surface area contributed by atoms with Gasteiger partial charge in [-0.25, -0.2) is 0 Å². The molecule has 25 heavy (non-hydrogen) atoms. The molecule has 0 spiro atoms. The van der Waals surface area contributed by atoms with Gasteiger partial charge in [0.2, 0.25) is 5.91 Å². The predicted molar refractivity (Wildman–Crippen MR) is 104 cm³/mol. The number of nitrogens with zero attached hydrogens (tertiary/aromatic N) is 3. The molecule has 2 heterocycles. The molecule has 0 bridgehead atoms. The van der Waals surface area contributed by atoms with Crippen molar-refractivity contribution in [3.8, 4) is 0 Å². The van der Waals surface area contributed by atoms with E-state index in [-0.39, 0.29) is 42.8 Å². The van der Waals surface area contributed by atoms with Crippen molar-refractivity contribution in [3.05, 3.63) is 18.0 Å². The van der Waals surface area contributed by atoms with Crippen LogP contribution in [0.25, 0.3) is 0 Å². The Hall–Kier alpha value is -0.820. The summed E-state index contributed by atoms with van der Waals surface area (Å²) in [6, 6.07) is -0.0518. The molecule has 1 saturated heterocycles. The van der Waals surface area contributed by atoms with Gasteiger partial charge in [-0.3, -0.25) is 9.48 Å². The van der Waals surface area contributed by atoms with Crippen LogP contribution in [0, 0.1) is 5.92 Å². The van der Waals surface area contributed by atoms with Gasteiger partial charge in [-0.2, -0.15) is 5.10 Å². The molecule has 144 valence electrons. The van der Waals surface area contributed by atoms with Crippen molar-refractivity contribution in [1.82, 2.24) is 25.3 Å². The number of halogens is 2. The average Bonchev–Trinajstić information content (AvgIpc) is 3.24. The highest BCUT2D eigenvalue weighted by atomic mass is 35.5. The fourth-order valence-corrected chi connectivity index (χ4v) is 4.00. The maximum absolute atomic E-state index is 12.6. The molecule has 0 radical (unpaired) electrons. The van der Waals surface area contributed by atoms with Gasteiger partial charge < -0.3 is 15.5 Å². The first-order valence-electron chi connectivity index (χ1n) is 8.84. The number of rotatable bonds is 6. The van der Waals surface area contributed by atoms with Crippen LogP contribution in [0.1, 0.15) is 43.7 Å². The van der Waals surface area contributed by atoms with Crippen LogP contribution in [0.5, 0.6) is 0 Å². The van der Waals surface area contributed by atoms with Crippen LogP contribution in [0.2, 0.25) is 0 Å². The molecular weight excluding hydrogens is 361 g/mol. The van der Waals surface area contributed by atoms with Crippen molar-refractivity contribution >= 4 is 30.7 Å². The van der Waals surface area contributed by atoms with E-state index in [0.717, 1.165) is 31.0 Å². The van der Waals surface area contributed by atoms with E-state index in [1.807, 2.05) is 20.3 Å². The number of nitrogens with one attached hydrogen (secondary N) is 2. The summed E-state index contributed by atoms with van der Waals surface area (Å²) in [6.45, 7) is 3.31. The zero-order valence-corrected chi connectivity index (χ0v) is 16.7. The summed E-state index contributed by atoms with van der Waals surface area (Å²) in [7, 11) is 3.68. The summed E-state index contributed by atoms with van der Waals surface area (Å²) in [6.07, 6.45) is 10.3. The smallest absolute Gasteiger partial charge is 0.242 e. The maximum Gasteiger partial charge on any atom is 0.242 e. The molecule has 2 N–H and O–H groups in total. The Morgan fingerprint density at radius 3 is 2.64 bits per heavy atom. The van der Waals surface area contributed by atoms with Crippen LogP contribution in [-0.2, 0) is 11.8 Å². The van der Waals surface area contributed by atoms with Crippen molar-refractivity contribution in [3.63, 3.8) is 0 Å². The molecule has 1 aromatic rings. The third kappa shape index (κ3) is 5.84. The van der Waals surface area contributed by atoms with Gasteiger partial charge in [-0.1, -0.05) is 12.8 Å². The Balaban J connectivity index is 0.00000156. The van der Waals surface area contributed by atoms with Crippen molar-refractivity contribution < 1.29 is 4.79 Å². The SMILES string of the molecule is CNC(C(=O)NC1CCN(CC2CCCC2)C1)c1cnn(C)c1.Cl.Cl. The second-order valence-corrected chi connectivity index (χ2v) is 7.07. The maximum atomic E-state index is 12.6. The highest BCUT2D eigenvalue weighted by Crippen LogP contribution is 2.26. The number of aromatic nitrogens is 2. The lowest BCUT2D eigenvalue weighted by Gasteiger charge is -2.21. The van der Waals surface area contributed by atoms with Gasteiger partial charge in [0, 0.05) is 44.5 Å². The predicted octanol–water partition coefficient (Wildman–Crippen LogP) is 1.90. The van der Waals surface area contributed by atoms with Gasteiger partial charge in [0.15, 0.2) is 0 Å². The van der Waals surface area contributed by atoms with Crippen LogP contribution < -0.4 is 10.6 Å². The zero-order chi connectivity index (χ0) is 16.2. The van der Waals surface area contributed by atoms with Crippen molar-refractivity contribution in [2.75, 3.05) is 26.7 Å². The molecule has 8 heteroatoms. The van der Waals surface area contributed by atoms with E-state index in [0.29, 0.717) is 0 Å². The Labute approximate surface area is 162 Å². The fraction of sp³-hybridized carbons (Fsp3) is 0.765. The molecule has 2 aliphatic rings. The van der Waals surface area contributed by atoms with Crippen LogP contribution in [0.4, 0.5) is 0 Å². The molecule has 3 rings (SSSR count). The number of aryl methyl sites for hydroxylation is 1. The number of hydrogen-bond donors (Lipinski definition) is 2. The average molecular weight is 392 g/mol. The molecule has 1 saturated carbocycles. The van der Waals surface area contributed by atoms with E-state index in [2.05, 4.69) is 20.6 Å². The first kappa shape index (κ1) is 22.2. The van der Waals surface area contributed by atoms with Gasteiger partial charge in [0.25, 0.3) is 0 Å². The normalized spacial score (nSPS) is 22.2. The summed E-state index contributed by atoms with van der Waals surface area (Å²) in [5, 5.41) is 10.5. The van der Waals surface area contributed by atoms with E-state index in [4.69, 9.17) is 0 Å². The molecule has 2 unspecified atom stereocenters. The molecule has 6 nitrogen and oxygen atoms in total. The van der Waals surface area contributed by atoms with E-state index in [9.17, 15) is 4.79 Å². The standard InChI is InChI=1S/C17H29N5O.2ClH/c1-18-16(14-9-19-21(2)11-14)17(23)20-15-7-8-22(12-15)10-13-5-3-4-6-13;;/h9,11,13,15-16,18H,3-8,10,12H2,1-2H3,(H,20,23);2*1H. The van der Waals surface area contributed by atoms with E-state index in [1.54, 1.807) is 10.9 Å². The van der Waals surface area contributed by atoms with Gasteiger partial charge in [-0.05, 0) is 32.2 Å². The summed E-state index contributed by atoms with van der Waals surface area (Å²) in [4.78, 5) is 15.1. The molecule has 2 atom stereocenters. The second kappa shape index (κ2) is 10.4. The third-order valence-corrected chi connectivity index (χ3v) is 5.22. The van der Waals surface area contributed by atoms with Gasteiger partial charge in [0.05, 0.1) is 6.20 Å². The lowest BCUT2D eigenvalue weighted by atomic mass is 10.1. The van der Waals surface area contributed by atoms with Gasteiger partial charge >= 0.3 is 0 Å². The Morgan fingerprint density at radius 1 is 1.32 bits per heavy atom. The van der Waals surface area contributed by atoms with Crippen molar-refractivity contribution in [2.45, 2.75) is 44.2 Å². The third-order valence-electron chi connectivity index (χ3n) is 5.22. The minimum absolute atomic E-state index is 0. The minimum Gasteiger partial charge on any atom is -0.350 e. The van der Waals surface area contributed by atoms with E-state index >= 15 is 0 Å². The number of carbonyl (C=O) groups is 1. The van der Waals surface area contributed by atoms with Gasteiger partial charge in [-0.15, -0.1) is 24.8 Å². The molecule has 1 aliphatic heterocycles. The Kier molecular flexibility index (Phi) is 9.21. The lowest BCUT2D eigenvalue weighted by molar-refractivity contribution is -0.123. The Bertz CT molecular complexity index is 533. The lowest BCUT2D eigenvalue weighted by Crippen LogP contribution is -2.43. The van der Waals surface area contributed by atoms with Gasteiger partial charge in [0.1, 0.15) is 6.04 Å². The second-order valence-electron chi connectivity index (χ2n) is 7.07. The molecule has 1 amide bonds. The molecular formula is C17H31Cl2N5O. The summed E-state index contributed by atoms with van der Waals surface area (Å²) >= 11 is 0. The molecule has 0 aromatic carbocycles. The molecule has 1 aliphatic carbocycles. The topological polar surface area (TPSA) is 62.2 Å². The zero-order valence-electron chi connectivity index (χ0n) is 15.1. The minimum atomic E-state index is -0.326. The van der Waals surface area contributed by atoms with Crippen LogP contribution >= 0.6 is 24.8 Å². The highest BCUT2D eigenvalue weighted by molar-refractivity contribution is 5.85. The van der Waals surface area contributed by atoms with Crippen molar-refractivity contribution in [1.29, 1.82) is 0 Å². The number of hydrogen-bond acceptors (Lipinski definition) is 4.